The fourth-order valence-electron chi connectivity index (χ4n) is 2.18. The highest BCUT2D eigenvalue weighted by molar-refractivity contribution is 7.89. The van der Waals surface area contributed by atoms with Gasteiger partial charge in [-0.3, -0.25) is 10.2 Å². The van der Waals surface area contributed by atoms with E-state index in [4.69, 9.17) is 5.11 Å². The number of benzene rings is 2. The van der Waals surface area contributed by atoms with Gasteiger partial charge in [0.1, 0.15) is 0 Å². The molecule has 25 heavy (non-hydrogen) atoms. The van der Waals surface area contributed by atoms with E-state index < -0.39 is 21.9 Å². The molecule has 0 bridgehead atoms. The molecule has 1 amide bonds. The van der Waals surface area contributed by atoms with Gasteiger partial charge in [0.15, 0.2) is 0 Å². The average molecular weight is 362 g/mol. The normalized spacial score (nSPS) is 11.2. The molecule has 2 rings (SSSR count). The average Bonchev–Trinajstić information content (AvgIpc) is 2.55. The molecule has 0 saturated carbocycles. The number of carboxylic acids is 1. The molecule has 0 spiro atoms. The van der Waals surface area contributed by atoms with Crippen LogP contribution < -0.4 is 10.3 Å². The maximum Gasteiger partial charge on any atom is 0.335 e. The van der Waals surface area contributed by atoms with Gasteiger partial charge in [-0.15, -0.1) is 4.83 Å². The monoisotopic (exact) mass is 362 g/mol. The maximum atomic E-state index is 12.5. The molecule has 0 heterocycles. The Morgan fingerprint density at radius 1 is 0.960 bits per heavy atom. The van der Waals surface area contributed by atoms with Crippen LogP contribution in [0, 0.1) is 20.8 Å². The first kappa shape index (κ1) is 18.6. The molecule has 0 fully saturated rings. The van der Waals surface area contributed by atoms with Crippen LogP contribution in [-0.2, 0) is 10.0 Å². The molecule has 8 heteroatoms. The molecule has 0 atom stereocenters. The van der Waals surface area contributed by atoms with Gasteiger partial charge in [-0.2, -0.15) is 0 Å². The zero-order valence-electron chi connectivity index (χ0n) is 14.0. The summed E-state index contributed by atoms with van der Waals surface area (Å²) in [4.78, 5) is 25.0. The van der Waals surface area contributed by atoms with Crippen LogP contribution in [0.3, 0.4) is 0 Å². The van der Waals surface area contributed by atoms with Crippen molar-refractivity contribution in [2.75, 3.05) is 0 Å². The van der Waals surface area contributed by atoms with Crippen molar-refractivity contribution in [3.8, 4) is 0 Å². The van der Waals surface area contributed by atoms with Gasteiger partial charge in [0.2, 0.25) is 0 Å². The summed E-state index contributed by atoms with van der Waals surface area (Å²) >= 11 is 0. The topological polar surface area (TPSA) is 113 Å². The quantitative estimate of drug-likeness (QED) is 0.704. The van der Waals surface area contributed by atoms with Crippen molar-refractivity contribution in [2.24, 2.45) is 0 Å². The third kappa shape index (κ3) is 4.23. The van der Waals surface area contributed by atoms with Gasteiger partial charge < -0.3 is 5.11 Å². The number of amides is 1. The molecular formula is C17H18N2O5S. The highest BCUT2D eigenvalue weighted by Gasteiger charge is 2.21. The first-order valence-electron chi connectivity index (χ1n) is 7.35. The number of carbonyl (C=O) groups excluding carboxylic acids is 1. The third-order valence-electron chi connectivity index (χ3n) is 3.77. The van der Waals surface area contributed by atoms with Gasteiger partial charge in [0.05, 0.1) is 10.5 Å². The molecule has 0 aliphatic rings. The van der Waals surface area contributed by atoms with Crippen LogP contribution in [0.2, 0.25) is 0 Å². The van der Waals surface area contributed by atoms with Crippen LogP contribution in [-0.4, -0.2) is 25.4 Å². The second kappa shape index (κ2) is 7.04. The van der Waals surface area contributed by atoms with Gasteiger partial charge in [-0.05, 0) is 56.2 Å². The van der Waals surface area contributed by atoms with Gasteiger partial charge in [-0.25, -0.2) is 13.2 Å². The van der Waals surface area contributed by atoms with Gasteiger partial charge >= 0.3 is 5.97 Å². The van der Waals surface area contributed by atoms with Crippen molar-refractivity contribution in [1.82, 2.24) is 10.3 Å². The van der Waals surface area contributed by atoms with Crippen molar-refractivity contribution in [3.63, 3.8) is 0 Å². The second-order valence-electron chi connectivity index (χ2n) is 5.65. The van der Waals surface area contributed by atoms with Crippen molar-refractivity contribution in [3.05, 3.63) is 64.2 Å². The Kier molecular flexibility index (Phi) is 5.24. The first-order valence-corrected chi connectivity index (χ1v) is 8.83. The maximum absolute atomic E-state index is 12.5. The predicted molar refractivity (Wildman–Crippen MR) is 91.8 cm³/mol. The van der Waals surface area contributed by atoms with Crippen LogP contribution in [0.5, 0.6) is 0 Å². The van der Waals surface area contributed by atoms with E-state index in [9.17, 15) is 18.0 Å². The van der Waals surface area contributed by atoms with Gasteiger partial charge in [0, 0.05) is 5.56 Å². The highest BCUT2D eigenvalue weighted by atomic mass is 32.2. The van der Waals surface area contributed by atoms with Crippen molar-refractivity contribution >= 4 is 21.9 Å². The Bertz CT molecular complexity index is 934. The van der Waals surface area contributed by atoms with Crippen LogP contribution >= 0.6 is 0 Å². The summed E-state index contributed by atoms with van der Waals surface area (Å²) in [5.41, 5.74) is 4.17. The third-order valence-corrected chi connectivity index (χ3v) is 5.14. The van der Waals surface area contributed by atoms with E-state index in [-0.39, 0.29) is 10.5 Å². The number of aromatic carboxylic acids is 1. The Hall–Kier alpha value is -2.71. The molecule has 0 aromatic heterocycles. The van der Waals surface area contributed by atoms with Gasteiger partial charge in [-0.1, -0.05) is 17.7 Å². The summed E-state index contributed by atoms with van der Waals surface area (Å²) in [5, 5.41) is 9.09. The van der Waals surface area contributed by atoms with Gasteiger partial charge in [0.25, 0.3) is 15.9 Å². The minimum Gasteiger partial charge on any atom is -0.478 e. The number of sulfonamides is 1. The molecule has 0 radical (unpaired) electrons. The molecule has 0 aliphatic heterocycles. The molecule has 3 N–H and O–H groups in total. The number of carbonyl (C=O) groups is 2. The molecular weight excluding hydrogens is 344 g/mol. The number of nitrogens with one attached hydrogen (secondary N) is 2. The summed E-state index contributed by atoms with van der Waals surface area (Å²) in [6.45, 7) is 5.05. The van der Waals surface area contributed by atoms with Crippen molar-refractivity contribution < 1.29 is 23.1 Å². The molecule has 132 valence electrons. The lowest BCUT2D eigenvalue weighted by Crippen LogP contribution is -2.41. The SMILES string of the molecule is Cc1ccc(C(=O)NNS(=O)(=O)c2cc(C(=O)O)cc(C)c2C)cc1. The Balaban J connectivity index is 2.26. The highest BCUT2D eigenvalue weighted by Crippen LogP contribution is 2.21. The first-order chi connectivity index (χ1) is 11.6. The molecule has 0 aliphatic carbocycles. The minimum atomic E-state index is -4.13. The number of rotatable bonds is 5. The largest absolute Gasteiger partial charge is 0.478 e. The molecule has 7 nitrogen and oxygen atoms in total. The zero-order chi connectivity index (χ0) is 18.8. The number of carboxylic acid groups (broad SMARTS) is 1. The fourth-order valence-corrected chi connectivity index (χ4v) is 3.36. The lowest BCUT2D eigenvalue weighted by atomic mass is 10.1. The second-order valence-corrected chi connectivity index (χ2v) is 7.30. The number of hydrazine groups is 1. The van der Waals surface area contributed by atoms with E-state index in [1.165, 1.54) is 6.07 Å². The lowest BCUT2D eigenvalue weighted by Gasteiger charge is -2.13. The van der Waals surface area contributed by atoms with Crippen LogP contribution in [0.25, 0.3) is 0 Å². The fraction of sp³-hybridized carbons (Fsp3) is 0.176. The number of aryl methyl sites for hydroxylation is 2. The van der Waals surface area contributed by atoms with Crippen molar-refractivity contribution in [1.29, 1.82) is 0 Å². The van der Waals surface area contributed by atoms with Crippen molar-refractivity contribution in [2.45, 2.75) is 25.7 Å². The Morgan fingerprint density at radius 2 is 1.56 bits per heavy atom. The minimum absolute atomic E-state index is 0.145. The summed E-state index contributed by atoms with van der Waals surface area (Å²) in [6.07, 6.45) is 0. The van der Waals surface area contributed by atoms with E-state index in [1.807, 2.05) is 11.8 Å². The van der Waals surface area contributed by atoms with E-state index in [0.717, 1.165) is 11.6 Å². The molecule has 2 aromatic carbocycles. The van der Waals surface area contributed by atoms with E-state index in [2.05, 4.69) is 5.43 Å². The zero-order valence-corrected chi connectivity index (χ0v) is 14.8. The summed E-state index contributed by atoms with van der Waals surface area (Å²) in [7, 11) is -4.13. The molecule has 0 unspecified atom stereocenters. The Labute approximate surface area is 145 Å². The summed E-state index contributed by atoms with van der Waals surface area (Å²) < 4.78 is 24.9. The van der Waals surface area contributed by atoms with E-state index in [0.29, 0.717) is 16.7 Å². The molecule has 2 aromatic rings. The smallest absolute Gasteiger partial charge is 0.335 e. The number of hydrogen-bond donors (Lipinski definition) is 3. The lowest BCUT2D eigenvalue weighted by molar-refractivity contribution is 0.0696. The van der Waals surface area contributed by atoms with E-state index in [1.54, 1.807) is 38.1 Å². The van der Waals surface area contributed by atoms with Crippen LogP contribution in [0.15, 0.2) is 41.3 Å². The Morgan fingerprint density at radius 3 is 2.12 bits per heavy atom. The summed E-state index contributed by atoms with van der Waals surface area (Å²) in [6, 6.07) is 9.05. The standard InChI is InChI=1S/C17H18N2O5S/c1-10-4-6-13(7-5-10)16(20)18-19-25(23,24)15-9-14(17(21)22)8-11(2)12(15)3/h4-9,19H,1-3H3,(H,18,20)(H,21,22). The van der Waals surface area contributed by atoms with E-state index >= 15 is 0 Å². The number of hydrogen-bond acceptors (Lipinski definition) is 4. The summed E-state index contributed by atoms with van der Waals surface area (Å²) in [5.74, 6) is -1.85. The predicted octanol–water partition coefficient (Wildman–Crippen LogP) is 1.93. The molecule has 0 saturated heterocycles. The van der Waals surface area contributed by atoms with Crippen LogP contribution in [0.4, 0.5) is 0 Å². The van der Waals surface area contributed by atoms with Crippen LogP contribution in [0.1, 0.15) is 37.4 Å².